The summed E-state index contributed by atoms with van der Waals surface area (Å²) in [5.41, 5.74) is 0. The number of aliphatic hydroxyl groups excluding tert-OH is 1. The van der Waals surface area contributed by atoms with Crippen LogP contribution in [0.4, 0.5) is 0 Å². The molecule has 0 heterocycles. The van der Waals surface area contributed by atoms with Crippen molar-refractivity contribution in [2.24, 2.45) is 0 Å². The highest BCUT2D eigenvalue weighted by Crippen LogP contribution is 2.45. The minimum Gasteiger partial charge on any atom is -0.462 e. The monoisotopic (exact) mass is 1650 g/mol. The van der Waals surface area contributed by atoms with E-state index < -0.39 is 97.5 Å². The first-order valence-corrected chi connectivity index (χ1v) is 46.3. The van der Waals surface area contributed by atoms with E-state index in [1.54, 1.807) is 0 Å². The first-order valence-electron chi connectivity index (χ1n) is 43.3. The summed E-state index contributed by atoms with van der Waals surface area (Å²) in [5.74, 6) is -2.47. The van der Waals surface area contributed by atoms with Crippen LogP contribution >= 0.6 is 15.6 Å². The summed E-state index contributed by atoms with van der Waals surface area (Å²) < 4.78 is 68.6. The highest BCUT2D eigenvalue weighted by Gasteiger charge is 2.30. The van der Waals surface area contributed by atoms with Gasteiger partial charge in [0.2, 0.25) is 0 Å². The molecule has 116 heavy (non-hydrogen) atoms. The molecule has 0 saturated carbocycles. The first kappa shape index (κ1) is 109. The normalized spacial score (nSPS) is 14.9. The fourth-order valence-electron chi connectivity index (χ4n) is 10.3. The summed E-state index contributed by atoms with van der Waals surface area (Å²) in [7, 11) is -10.1. The second-order valence-corrected chi connectivity index (χ2v) is 30.6. The van der Waals surface area contributed by atoms with Gasteiger partial charge in [-0.3, -0.25) is 37.3 Å². The lowest BCUT2D eigenvalue weighted by molar-refractivity contribution is -0.161. The third kappa shape index (κ3) is 84.8. The van der Waals surface area contributed by atoms with E-state index in [0.717, 1.165) is 154 Å². The number of phosphoric ester groups is 2. The largest absolute Gasteiger partial charge is 0.472 e. The molecule has 650 valence electrons. The molecule has 0 rings (SSSR count). The van der Waals surface area contributed by atoms with Gasteiger partial charge in [-0.1, -0.05) is 309 Å². The molecule has 0 aliphatic carbocycles. The van der Waals surface area contributed by atoms with Gasteiger partial charge < -0.3 is 33.8 Å². The molecule has 19 heteroatoms. The van der Waals surface area contributed by atoms with Crippen molar-refractivity contribution in [1.82, 2.24) is 0 Å². The Balaban J connectivity index is 5.63. The number of carbonyl (C=O) groups is 4. The van der Waals surface area contributed by atoms with E-state index in [-0.39, 0.29) is 25.7 Å². The van der Waals surface area contributed by atoms with Crippen molar-refractivity contribution >= 4 is 39.5 Å². The average molecular weight is 1650 g/mol. The molecule has 0 aliphatic heterocycles. The highest BCUT2D eigenvalue weighted by atomic mass is 31.2. The summed E-state index contributed by atoms with van der Waals surface area (Å²) in [6.45, 7) is 4.31. The number of rotatable bonds is 78. The van der Waals surface area contributed by atoms with E-state index in [2.05, 4.69) is 234 Å². The van der Waals surface area contributed by atoms with Gasteiger partial charge in [0, 0.05) is 25.7 Å². The van der Waals surface area contributed by atoms with Crippen LogP contribution in [-0.2, 0) is 65.4 Å². The van der Waals surface area contributed by atoms with Crippen molar-refractivity contribution < 1.29 is 80.2 Å². The second kappa shape index (κ2) is 85.7. The Morgan fingerprint density at radius 3 is 0.707 bits per heavy atom. The van der Waals surface area contributed by atoms with Crippen LogP contribution in [0.5, 0.6) is 0 Å². The lowest BCUT2D eigenvalue weighted by atomic mass is 10.1. The van der Waals surface area contributed by atoms with Crippen LogP contribution in [0.15, 0.2) is 243 Å². The van der Waals surface area contributed by atoms with Crippen molar-refractivity contribution in [3.63, 3.8) is 0 Å². The van der Waals surface area contributed by atoms with Crippen LogP contribution < -0.4 is 0 Å². The third-order valence-corrected chi connectivity index (χ3v) is 18.7. The van der Waals surface area contributed by atoms with E-state index >= 15 is 0 Å². The van der Waals surface area contributed by atoms with Gasteiger partial charge in [0.15, 0.2) is 12.2 Å². The number of aliphatic hydroxyl groups is 1. The van der Waals surface area contributed by atoms with Crippen LogP contribution in [0, 0.1) is 0 Å². The number of carbonyl (C=O) groups excluding carboxylic acids is 4. The molecule has 4 atom stereocenters. The molecule has 0 amide bonds. The van der Waals surface area contributed by atoms with Gasteiger partial charge in [-0.15, -0.1) is 0 Å². The van der Waals surface area contributed by atoms with E-state index in [0.29, 0.717) is 38.5 Å². The van der Waals surface area contributed by atoms with Crippen LogP contribution in [0.25, 0.3) is 0 Å². The summed E-state index contributed by atoms with van der Waals surface area (Å²) in [6.07, 6.45) is 113. The number of ether oxygens (including phenoxy) is 4. The second-order valence-electron chi connectivity index (χ2n) is 27.6. The van der Waals surface area contributed by atoms with Crippen molar-refractivity contribution in [3.05, 3.63) is 243 Å². The number of hydrogen-bond acceptors (Lipinski definition) is 15. The number of phosphoric acid groups is 2. The third-order valence-electron chi connectivity index (χ3n) is 16.8. The fourth-order valence-corrected chi connectivity index (χ4v) is 11.9. The molecule has 0 aromatic carbocycles. The Kier molecular flexibility index (Phi) is 80.5. The maximum Gasteiger partial charge on any atom is 0.472 e. The quantitative estimate of drug-likeness (QED) is 0.0169. The van der Waals surface area contributed by atoms with Crippen molar-refractivity contribution in [2.75, 3.05) is 39.6 Å². The lowest BCUT2D eigenvalue weighted by Gasteiger charge is -2.21. The summed E-state index contributed by atoms with van der Waals surface area (Å²) in [6, 6.07) is 0. The maximum absolute atomic E-state index is 13.2. The molecule has 3 N–H and O–H groups in total. The number of hydrogen-bond donors (Lipinski definition) is 3. The van der Waals surface area contributed by atoms with E-state index in [1.165, 1.54) is 38.5 Å². The zero-order chi connectivity index (χ0) is 84.5. The predicted molar refractivity (Wildman–Crippen MR) is 481 cm³/mol. The fraction of sp³-hybridized carbons (Fsp3) is 0.546. The predicted octanol–water partition coefficient (Wildman–Crippen LogP) is 26.3. The Bertz CT molecular complexity index is 2950. The molecule has 0 saturated heterocycles. The molecule has 0 aromatic rings. The first-order chi connectivity index (χ1) is 56.7. The van der Waals surface area contributed by atoms with Crippen LogP contribution in [-0.4, -0.2) is 96.7 Å². The molecule has 0 radical (unpaired) electrons. The van der Waals surface area contributed by atoms with Gasteiger partial charge in [0.05, 0.1) is 26.4 Å². The molecule has 0 aliphatic rings. The van der Waals surface area contributed by atoms with E-state index in [9.17, 15) is 43.2 Å². The molecule has 0 spiro atoms. The molecule has 0 fully saturated rings. The van der Waals surface area contributed by atoms with Gasteiger partial charge in [-0.05, 0) is 193 Å². The molecule has 17 nitrogen and oxygen atoms in total. The Labute approximate surface area is 701 Å². The van der Waals surface area contributed by atoms with Crippen molar-refractivity contribution in [2.45, 2.75) is 303 Å². The average Bonchev–Trinajstić information content (AvgIpc) is 0.898. The van der Waals surface area contributed by atoms with Crippen LogP contribution in [0.1, 0.15) is 285 Å². The van der Waals surface area contributed by atoms with Gasteiger partial charge in [-0.2, -0.15) is 0 Å². The summed E-state index contributed by atoms with van der Waals surface area (Å²) in [5, 5.41) is 10.7. The SMILES string of the molecule is CC/C=C\C/C=C\C/C=C\C/C=C\C/C=C\CCCCCC(=O)O[C@H](COC(=O)CC/C=C\C/C=C\C/C=C\C/C=C\C/C=C\CCCCC)COP(=O)(O)OCC(O)COP(=O)(O)OC[C@@H](COC(=O)CC/C=C\C/C=C\C/C=C\C/C=C\C/C=C\CCCCC)OC(=O)CCCCC/C=C\C/C=C\C/C=C\C/C=C\C/C=C\CC. The lowest BCUT2D eigenvalue weighted by Crippen LogP contribution is -2.30. The minimum atomic E-state index is -5.03. The Morgan fingerprint density at radius 1 is 0.250 bits per heavy atom. The van der Waals surface area contributed by atoms with Gasteiger partial charge in [0.1, 0.15) is 19.3 Å². The van der Waals surface area contributed by atoms with Gasteiger partial charge >= 0.3 is 39.5 Å². The van der Waals surface area contributed by atoms with E-state index in [1.807, 2.05) is 36.5 Å². The topological polar surface area (TPSA) is 237 Å². The highest BCUT2D eigenvalue weighted by molar-refractivity contribution is 7.47. The molecule has 2 unspecified atom stereocenters. The number of allylic oxidation sites excluding steroid dienone is 40. The molecule has 0 bridgehead atoms. The Hall–Kier alpha value is -7.14. The van der Waals surface area contributed by atoms with Crippen LogP contribution in [0.2, 0.25) is 0 Å². The van der Waals surface area contributed by atoms with Gasteiger partial charge in [0.25, 0.3) is 0 Å². The zero-order valence-corrected chi connectivity index (χ0v) is 73.1. The Morgan fingerprint density at radius 2 is 0.466 bits per heavy atom. The summed E-state index contributed by atoms with van der Waals surface area (Å²) >= 11 is 0. The molecular formula is C97H150O17P2. The van der Waals surface area contributed by atoms with Crippen LogP contribution in [0.3, 0.4) is 0 Å². The van der Waals surface area contributed by atoms with Crippen molar-refractivity contribution in [1.29, 1.82) is 0 Å². The number of unbranched alkanes of at least 4 members (excludes halogenated alkanes) is 12. The maximum atomic E-state index is 13.2. The standard InChI is InChI=1S/C97H150O17P2/c1-5-9-13-17-21-25-29-33-37-41-45-49-53-57-61-65-69-73-77-81-94(99)107-87-92(113-96(101)83-79-75-71-67-63-59-55-51-47-43-39-35-31-27-23-19-15-11-7-3)89-111-115(103,104)109-85-91(98)86-110-116(105,106)112-90-93(114-97(102)84-80-76-72-68-64-60-56-52-48-44-40-36-32-28-24-20-16-12-8-4)88-108-95(100)82-78-74-70-66-62-58-54-50-46-42-38-34-30-26-22-18-14-10-6-2/h11-12,15-16,21-28,33-40,45-52,57-64,69-70,73-74,91-93,98H,5-10,13-14,17-20,29-32,41-44,53-56,65-68,71-72,75-90H2,1-4H3,(H,103,104)(H,105,106)/b15-11-,16-12-,25-21-,26-22-,27-23-,28-24-,37-33-,38-34-,39-35-,40-36-,49-45-,50-46-,51-47-,52-48-,61-57-,62-58-,63-59-,64-60-,73-69-,74-70-/t92-,93-/m1/s1. The minimum absolute atomic E-state index is 0.0171. The zero-order valence-electron chi connectivity index (χ0n) is 71.3. The van der Waals surface area contributed by atoms with Crippen molar-refractivity contribution in [3.8, 4) is 0 Å². The molecule has 0 aromatic heterocycles. The summed E-state index contributed by atoms with van der Waals surface area (Å²) in [4.78, 5) is 73.3. The van der Waals surface area contributed by atoms with Gasteiger partial charge in [-0.25, -0.2) is 9.13 Å². The molecular weight excluding hydrogens is 1500 g/mol. The van der Waals surface area contributed by atoms with E-state index in [4.69, 9.17) is 37.0 Å². The smallest absolute Gasteiger partial charge is 0.462 e. The number of esters is 4.